The Bertz CT molecular complexity index is 579. The number of hydrogen-bond acceptors (Lipinski definition) is 2. The van der Waals surface area contributed by atoms with E-state index in [2.05, 4.69) is 38.2 Å². The van der Waals surface area contributed by atoms with Crippen molar-refractivity contribution in [1.82, 2.24) is 4.90 Å². The molecule has 0 aromatic heterocycles. The van der Waals surface area contributed by atoms with Gasteiger partial charge in [-0.1, -0.05) is 38.8 Å². The minimum absolute atomic E-state index is 0.0670. The fourth-order valence-electron chi connectivity index (χ4n) is 3.31. The molecule has 1 aliphatic heterocycles. The molecule has 0 aliphatic carbocycles. The molecule has 2 rings (SSSR count). The van der Waals surface area contributed by atoms with Gasteiger partial charge in [0.15, 0.2) is 0 Å². The van der Waals surface area contributed by atoms with E-state index in [0.717, 1.165) is 50.0 Å². The Morgan fingerprint density at radius 1 is 1.25 bits per heavy atom. The predicted octanol–water partition coefficient (Wildman–Crippen LogP) is 3.79. The van der Waals surface area contributed by atoms with Gasteiger partial charge in [0.25, 0.3) is 0 Å². The SMILES string of the molecule is CCC(CC)CN(CC)C(=O)CCCc1ccc2c(c1)CC(=O)N2. The Kier molecular flexibility index (Phi) is 6.83. The second-order valence-electron chi connectivity index (χ2n) is 6.68. The molecule has 0 unspecified atom stereocenters. The first-order valence-corrected chi connectivity index (χ1v) is 9.26. The summed E-state index contributed by atoms with van der Waals surface area (Å²) in [5.41, 5.74) is 3.22. The molecule has 4 heteroatoms. The highest BCUT2D eigenvalue weighted by atomic mass is 16.2. The first-order chi connectivity index (χ1) is 11.6. The maximum Gasteiger partial charge on any atom is 0.228 e. The highest BCUT2D eigenvalue weighted by Crippen LogP contribution is 2.24. The summed E-state index contributed by atoms with van der Waals surface area (Å²) in [6.07, 6.45) is 5.07. The van der Waals surface area contributed by atoms with Gasteiger partial charge < -0.3 is 10.2 Å². The highest BCUT2D eigenvalue weighted by Gasteiger charge is 2.18. The molecule has 1 aliphatic rings. The van der Waals surface area contributed by atoms with Crippen molar-refractivity contribution in [3.63, 3.8) is 0 Å². The van der Waals surface area contributed by atoms with Crippen LogP contribution in [0.1, 0.15) is 57.6 Å². The van der Waals surface area contributed by atoms with Crippen molar-refractivity contribution < 1.29 is 9.59 Å². The van der Waals surface area contributed by atoms with Gasteiger partial charge in [-0.05, 0) is 42.9 Å². The normalized spacial score (nSPS) is 13.1. The van der Waals surface area contributed by atoms with E-state index in [1.54, 1.807) is 0 Å². The second-order valence-corrected chi connectivity index (χ2v) is 6.68. The molecule has 1 N–H and O–H groups in total. The Morgan fingerprint density at radius 2 is 2.00 bits per heavy atom. The molecule has 0 saturated heterocycles. The number of nitrogens with zero attached hydrogens (tertiary/aromatic N) is 1. The molecule has 0 radical (unpaired) electrons. The Hall–Kier alpha value is -1.84. The number of amides is 2. The third-order valence-electron chi connectivity index (χ3n) is 5.02. The number of rotatable bonds is 9. The van der Waals surface area contributed by atoms with Crippen LogP contribution in [0.2, 0.25) is 0 Å². The first kappa shape index (κ1) is 18.5. The fraction of sp³-hybridized carbons (Fsp3) is 0.600. The standard InChI is InChI=1S/C20H30N2O2/c1-4-15(5-2)14-22(6-3)20(24)9-7-8-16-10-11-18-17(12-16)13-19(23)21-18/h10-12,15H,4-9,13-14H2,1-3H3,(H,21,23). The Labute approximate surface area is 145 Å². The average molecular weight is 330 g/mol. The van der Waals surface area contributed by atoms with E-state index in [4.69, 9.17) is 0 Å². The predicted molar refractivity (Wildman–Crippen MR) is 98.0 cm³/mol. The van der Waals surface area contributed by atoms with Gasteiger partial charge in [-0.3, -0.25) is 9.59 Å². The average Bonchev–Trinajstić information content (AvgIpc) is 2.95. The summed E-state index contributed by atoms with van der Waals surface area (Å²) in [4.78, 5) is 25.8. The number of carbonyl (C=O) groups excluding carboxylic acids is 2. The summed E-state index contributed by atoms with van der Waals surface area (Å²) >= 11 is 0. The smallest absolute Gasteiger partial charge is 0.228 e. The minimum atomic E-state index is 0.0670. The van der Waals surface area contributed by atoms with Crippen molar-refractivity contribution in [1.29, 1.82) is 0 Å². The summed E-state index contributed by atoms with van der Waals surface area (Å²) in [6, 6.07) is 6.12. The topological polar surface area (TPSA) is 49.4 Å². The molecule has 4 nitrogen and oxygen atoms in total. The van der Waals surface area contributed by atoms with Crippen molar-refractivity contribution in [3.05, 3.63) is 29.3 Å². The summed E-state index contributed by atoms with van der Waals surface area (Å²) in [6.45, 7) is 8.13. The maximum atomic E-state index is 12.4. The van der Waals surface area contributed by atoms with Crippen LogP contribution in [0.3, 0.4) is 0 Å². The molecule has 132 valence electrons. The largest absolute Gasteiger partial charge is 0.343 e. The summed E-state index contributed by atoms with van der Waals surface area (Å²) in [7, 11) is 0. The minimum Gasteiger partial charge on any atom is -0.343 e. The Balaban J connectivity index is 1.81. The maximum absolute atomic E-state index is 12.4. The molecule has 0 fully saturated rings. The van der Waals surface area contributed by atoms with E-state index in [0.29, 0.717) is 18.8 Å². The van der Waals surface area contributed by atoms with Crippen LogP contribution in [0.15, 0.2) is 18.2 Å². The van der Waals surface area contributed by atoms with E-state index >= 15 is 0 Å². The van der Waals surface area contributed by atoms with Crippen LogP contribution in [0.5, 0.6) is 0 Å². The molecule has 1 heterocycles. The van der Waals surface area contributed by atoms with Crippen LogP contribution in [-0.4, -0.2) is 29.8 Å². The molecule has 1 aromatic rings. The van der Waals surface area contributed by atoms with E-state index < -0.39 is 0 Å². The van der Waals surface area contributed by atoms with Crippen molar-refractivity contribution in [2.24, 2.45) is 5.92 Å². The zero-order chi connectivity index (χ0) is 17.5. The van der Waals surface area contributed by atoms with Crippen LogP contribution < -0.4 is 5.32 Å². The van der Waals surface area contributed by atoms with Gasteiger partial charge in [0.1, 0.15) is 0 Å². The molecule has 0 bridgehead atoms. The highest BCUT2D eigenvalue weighted by molar-refractivity contribution is 5.99. The third-order valence-corrected chi connectivity index (χ3v) is 5.02. The number of carbonyl (C=O) groups is 2. The fourth-order valence-corrected chi connectivity index (χ4v) is 3.31. The number of benzene rings is 1. The van der Waals surface area contributed by atoms with E-state index in [1.165, 1.54) is 5.56 Å². The van der Waals surface area contributed by atoms with Gasteiger partial charge in [-0.2, -0.15) is 0 Å². The van der Waals surface area contributed by atoms with Crippen LogP contribution >= 0.6 is 0 Å². The van der Waals surface area contributed by atoms with Crippen molar-refractivity contribution in [2.45, 2.75) is 59.3 Å². The summed E-state index contributed by atoms with van der Waals surface area (Å²) < 4.78 is 0. The van der Waals surface area contributed by atoms with Crippen LogP contribution in [0.4, 0.5) is 5.69 Å². The lowest BCUT2D eigenvalue weighted by Crippen LogP contribution is -2.35. The Morgan fingerprint density at radius 3 is 2.67 bits per heavy atom. The molecule has 1 aromatic carbocycles. The number of anilines is 1. The van der Waals surface area contributed by atoms with E-state index in [1.807, 2.05) is 11.0 Å². The van der Waals surface area contributed by atoms with Crippen LogP contribution in [0.25, 0.3) is 0 Å². The van der Waals surface area contributed by atoms with Crippen LogP contribution in [0, 0.1) is 5.92 Å². The number of aryl methyl sites for hydroxylation is 1. The molecule has 24 heavy (non-hydrogen) atoms. The van der Waals surface area contributed by atoms with E-state index in [9.17, 15) is 9.59 Å². The second kappa shape index (κ2) is 8.86. The summed E-state index contributed by atoms with van der Waals surface area (Å²) in [5, 5.41) is 2.85. The number of nitrogens with one attached hydrogen (secondary N) is 1. The number of fused-ring (bicyclic) bond motifs is 1. The molecular weight excluding hydrogens is 300 g/mol. The van der Waals surface area contributed by atoms with Gasteiger partial charge in [-0.25, -0.2) is 0 Å². The molecule has 0 spiro atoms. The van der Waals surface area contributed by atoms with Crippen molar-refractivity contribution in [2.75, 3.05) is 18.4 Å². The molecule has 2 amide bonds. The monoisotopic (exact) mass is 330 g/mol. The van der Waals surface area contributed by atoms with Gasteiger partial charge in [0.2, 0.25) is 11.8 Å². The van der Waals surface area contributed by atoms with Gasteiger partial charge in [0, 0.05) is 25.2 Å². The lowest BCUT2D eigenvalue weighted by Gasteiger charge is -2.25. The lowest BCUT2D eigenvalue weighted by molar-refractivity contribution is -0.131. The van der Waals surface area contributed by atoms with Gasteiger partial charge in [-0.15, -0.1) is 0 Å². The lowest BCUT2D eigenvalue weighted by atomic mass is 10.0. The van der Waals surface area contributed by atoms with Gasteiger partial charge in [0.05, 0.1) is 6.42 Å². The zero-order valence-corrected chi connectivity index (χ0v) is 15.2. The third kappa shape index (κ3) is 4.83. The van der Waals surface area contributed by atoms with Crippen molar-refractivity contribution in [3.8, 4) is 0 Å². The number of hydrogen-bond donors (Lipinski definition) is 1. The molecule has 0 atom stereocenters. The van der Waals surface area contributed by atoms with Gasteiger partial charge >= 0.3 is 0 Å². The van der Waals surface area contributed by atoms with Crippen LogP contribution in [-0.2, 0) is 22.4 Å². The molecule has 0 saturated carbocycles. The van der Waals surface area contributed by atoms with Crippen molar-refractivity contribution >= 4 is 17.5 Å². The zero-order valence-electron chi connectivity index (χ0n) is 15.2. The molecular formula is C20H30N2O2. The van der Waals surface area contributed by atoms with E-state index in [-0.39, 0.29) is 11.8 Å². The quantitative estimate of drug-likeness (QED) is 0.749. The summed E-state index contributed by atoms with van der Waals surface area (Å²) in [5.74, 6) is 0.940. The first-order valence-electron chi connectivity index (χ1n) is 9.26.